The van der Waals surface area contributed by atoms with Gasteiger partial charge >= 0.3 is 5.97 Å². The molecule has 0 bridgehead atoms. The molecule has 3 rings (SSSR count). The van der Waals surface area contributed by atoms with E-state index in [2.05, 4.69) is 23.6 Å². The van der Waals surface area contributed by atoms with E-state index < -0.39 is 11.9 Å². The molecular weight excluding hydrogens is 346 g/mol. The lowest BCUT2D eigenvalue weighted by atomic mass is 9.82. The van der Waals surface area contributed by atoms with Crippen LogP contribution in [0, 0.1) is 23.2 Å². The highest BCUT2D eigenvalue weighted by atomic mass is 16.5. The molecule has 0 unspecified atom stereocenters. The summed E-state index contributed by atoms with van der Waals surface area (Å²) in [4.78, 5) is 37.2. The Morgan fingerprint density at radius 2 is 1.63 bits per heavy atom. The van der Waals surface area contributed by atoms with Gasteiger partial charge in [0.1, 0.15) is 17.5 Å². The van der Waals surface area contributed by atoms with E-state index in [-0.39, 0.29) is 23.2 Å². The molecule has 0 aliphatic heterocycles. The van der Waals surface area contributed by atoms with Gasteiger partial charge in [-0.2, -0.15) is 0 Å². The molecule has 2 fully saturated rings. The SMILES string of the molecule is CC(C)(C1CC1)C1CC1.COC(=O)c1ccc(/N=C/C(C(C)=O)C(C)=O)o1. The van der Waals surface area contributed by atoms with Crippen LogP contribution in [-0.2, 0) is 14.3 Å². The molecule has 0 spiro atoms. The average Bonchev–Trinajstić information content (AvgIpc) is 3.50. The lowest BCUT2D eigenvalue weighted by Crippen LogP contribution is -2.20. The second-order valence-corrected chi connectivity index (χ2v) is 7.98. The summed E-state index contributed by atoms with van der Waals surface area (Å²) in [6.07, 6.45) is 7.27. The molecule has 2 aliphatic carbocycles. The number of nitrogens with zero attached hydrogens (tertiary/aromatic N) is 1. The minimum atomic E-state index is -0.892. The first-order chi connectivity index (χ1) is 12.7. The maximum absolute atomic E-state index is 11.1. The number of hydrogen-bond donors (Lipinski definition) is 0. The number of rotatable bonds is 7. The van der Waals surface area contributed by atoms with Gasteiger partial charge in [-0.15, -0.1) is 0 Å². The molecule has 0 atom stereocenters. The Morgan fingerprint density at radius 1 is 1.11 bits per heavy atom. The van der Waals surface area contributed by atoms with Gasteiger partial charge in [0, 0.05) is 12.3 Å². The molecule has 27 heavy (non-hydrogen) atoms. The van der Waals surface area contributed by atoms with Crippen molar-refractivity contribution in [1.29, 1.82) is 0 Å². The van der Waals surface area contributed by atoms with Crippen molar-refractivity contribution >= 4 is 29.6 Å². The normalized spacial score (nSPS) is 16.8. The van der Waals surface area contributed by atoms with Gasteiger partial charge in [0.05, 0.1) is 7.11 Å². The highest BCUT2D eigenvalue weighted by molar-refractivity contribution is 6.13. The van der Waals surface area contributed by atoms with Crippen molar-refractivity contribution in [2.75, 3.05) is 7.11 Å². The Kier molecular flexibility index (Phi) is 6.73. The zero-order chi connectivity index (χ0) is 20.2. The number of ether oxygens (including phenoxy) is 1. The van der Waals surface area contributed by atoms with Gasteiger partial charge in [-0.3, -0.25) is 9.59 Å². The maximum atomic E-state index is 11.1. The van der Waals surface area contributed by atoms with Crippen molar-refractivity contribution in [3.63, 3.8) is 0 Å². The van der Waals surface area contributed by atoms with Crippen LogP contribution in [0.4, 0.5) is 5.88 Å². The Hall–Kier alpha value is -2.24. The minimum Gasteiger partial charge on any atom is -0.463 e. The zero-order valence-corrected chi connectivity index (χ0v) is 16.8. The highest BCUT2D eigenvalue weighted by Crippen LogP contribution is 2.57. The molecule has 0 radical (unpaired) electrons. The fourth-order valence-corrected chi connectivity index (χ4v) is 3.24. The van der Waals surface area contributed by atoms with Gasteiger partial charge < -0.3 is 9.15 Å². The van der Waals surface area contributed by atoms with Gasteiger partial charge in [-0.1, -0.05) is 13.8 Å². The van der Waals surface area contributed by atoms with Crippen LogP contribution < -0.4 is 0 Å². The smallest absolute Gasteiger partial charge is 0.374 e. The number of methoxy groups -OCH3 is 1. The number of furan rings is 1. The third kappa shape index (κ3) is 5.88. The number of carbonyl (C=O) groups excluding carboxylic acids is 3. The third-order valence-electron chi connectivity index (χ3n) is 5.46. The molecule has 2 saturated carbocycles. The van der Waals surface area contributed by atoms with Crippen LogP contribution in [0.5, 0.6) is 0 Å². The van der Waals surface area contributed by atoms with E-state index in [1.807, 2.05) is 0 Å². The molecular formula is C21H29NO5. The molecule has 1 aromatic heterocycles. The molecule has 0 amide bonds. The summed E-state index contributed by atoms with van der Waals surface area (Å²) in [5, 5.41) is 0. The van der Waals surface area contributed by atoms with Crippen molar-refractivity contribution in [1.82, 2.24) is 0 Å². The van der Waals surface area contributed by atoms with Crippen molar-refractivity contribution in [2.24, 2.45) is 28.2 Å². The standard InChI is InChI=1S/C12H13NO5.C9H16/c1-7(14)9(8(2)15)6-13-11-5-4-10(18-11)12(16)17-3;1-9(2,7-3-4-7)8-5-6-8/h4-6,9H,1-3H3;7-8H,3-6H2,1-2H3/b13-6+;. The second-order valence-electron chi connectivity index (χ2n) is 7.98. The van der Waals surface area contributed by atoms with Gasteiger partial charge in [0.25, 0.3) is 0 Å². The molecule has 0 N–H and O–H groups in total. The molecule has 6 nitrogen and oxygen atoms in total. The maximum Gasteiger partial charge on any atom is 0.374 e. The third-order valence-corrected chi connectivity index (χ3v) is 5.46. The van der Waals surface area contributed by atoms with Crippen molar-refractivity contribution < 1.29 is 23.5 Å². The number of esters is 1. The Labute approximate surface area is 160 Å². The summed E-state index contributed by atoms with van der Waals surface area (Å²) in [5.74, 6) is 0.226. The van der Waals surface area contributed by atoms with Crippen LogP contribution in [0.15, 0.2) is 21.5 Å². The number of ketones is 2. The van der Waals surface area contributed by atoms with Crippen LogP contribution in [0.25, 0.3) is 0 Å². The monoisotopic (exact) mass is 375 g/mol. The molecule has 148 valence electrons. The topological polar surface area (TPSA) is 85.9 Å². The number of Topliss-reactive ketones (excluding diaryl/α,β-unsaturated/α-hetero) is 2. The summed E-state index contributed by atoms with van der Waals surface area (Å²) in [6.45, 7) is 7.53. The van der Waals surface area contributed by atoms with E-state index in [0.717, 1.165) is 17.3 Å². The Bertz CT molecular complexity index is 695. The fourth-order valence-electron chi connectivity index (χ4n) is 3.24. The van der Waals surface area contributed by atoms with E-state index in [0.29, 0.717) is 0 Å². The molecule has 2 aliphatic rings. The van der Waals surface area contributed by atoms with Crippen molar-refractivity contribution in [3.05, 3.63) is 17.9 Å². The van der Waals surface area contributed by atoms with E-state index in [1.165, 1.54) is 65.0 Å². The predicted molar refractivity (Wildman–Crippen MR) is 102 cm³/mol. The van der Waals surface area contributed by atoms with Gasteiger partial charge in [0.2, 0.25) is 11.6 Å². The molecule has 0 saturated heterocycles. The van der Waals surface area contributed by atoms with E-state index in [4.69, 9.17) is 4.42 Å². The van der Waals surface area contributed by atoms with Crippen molar-refractivity contribution in [2.45, 2.75) is 53.4 Å². The molecule has 0 aromatic carbocycles. The van der Waals surface area contributed by atoms with Gasteiger partial charge in [-0.25, -0.2) is 9.79 Å². The number of carbonyl (C=O) groups is 3. The van der Waals surface area contributed by atoms with Gasteiger partial charge in [0.15, 0.2) is 0 Å². The Morgan fingerprint density at radius 3 is 2.04 bits per heavy atom. The summed E-state index contributed by atoms with van der Waals surface area (Å²) in [5.41, 5.74) is 0.722. The van der Waals surface area contributed by atoms with Gasteiger partial charge in [-0.05, 0) is 62.8 Å². The quantitative estimate of drug-likeness (QED) is 0.401. The lowest BCUT2D eigenvalue weighted by Gasteiger charge is -2.23. The lowest BCUT2D eigenvalue weighted by molar-refractivity contribution is -0.127. The van der Waals surface area contributed by atoms with Crippen LogP contribution in [0.1, 0.15) is 63.9 Å². The van der Waals surface area contributed by atoms with Crippen LogP contribution in [-0.4, -0.2) is 30.9 Å². The number of aliphatic imine (C=N–C) groups is 1. The average molecular weight is 375 g/mol. The number of hydrogen-bond acceptors (Lipinski definition) is 6. The largest absolute Gasteiger partial charge is 0.463 e. The molecule has 6 heteroatoms. The summed E-state index contributed by atoms with van der Waals surface area (Å²) in [7, 11) is 1.23. The Balaban J connectivity index is 0.000000239. The summed E-state index contributed by atoms with van der Waals surface area (Å²) in [6, 6.07) is 2.84. The second kappa shape index (κ2) is 8.63. The summed E-state index contributed by atoms with van der Waals surface area (Å²) >= 11 is 0. The molecule has 1 heterocycles. The van der Waals surface area contributed by atoms with E-state index in [1.54, 1.807) is 0 Å². The highest BCUT2D eigenvalue weighted by Gasteiger charge is 2.47. The predicted octanol–water partition coefficient (Wildman–Crippen LogP) is 4.40. The molecule has 1 aromatic rings. The van der Waals surface area contributed by atoms with Crippen LogP contribution >= 0.6 is 0 Å². The zero-order valence-electron chi connectivity index (χ0n) is 16.8. The van der Waals surface area contributed by atoms with Crippen molar-refractivity contribution in [3.8, 4) is 0 Å². The summed E-state index contributed by atoms with van der Waals surface area (Å²) < 4.78 is 9.51. The first-order valence-corrected chi connectivity index (χ1v) is 9.40. The van der Waals surface area contributed by atoms with E-state index in [9.17, 15) is 14.4 Å². The first-order valence-electron chi connectivity index (χ1n) is 9.40. The first kappa shape index (κ1) is 21.1. The van der Waals surface area contributed by atoms with Crippen LogP contribution in [0.2, 0.25) is 0 Å². The fraction of sp³-hybridized carbons (Fsp3) is 0.619. The minimum absolute atomic E-state index is 0.00634. The van der Waals surface area contributed by atoms with Crippen LogP contribution in [0.3, 0.4) is 0 Å². The van der Waals surface area contributed by atoms with E-state index >= 15 is 0 Å².